The van der Waals surface area contributed by atoms with E-state index in [-0.39, 0.29) is 17.3 Å². The molecule has 7 heteroatoms. The SMILES string of the molecule is CC[C@@H](Nc1ccc(C(N)=O)cc1[N+](=O)[O-])c1ccc(Br)cc1. The number of rotatable bonds is 6. The number of carbonyl (C=O) groups is 1. The van der Waals surface area contributed by atoms with E-state index in [2.05, 4.69) is 21.2 Å². The number of benzene rings is 2. The molecule has 0 unspecified atom stereocenters. The molecule has 0 spiro atoms. The molecule has 120 valence electrons. The zero-order chi connectivity index (χ0) is 17.0. The van der Waals surface area contributed by atoms with Gasteiger partial charge in [0, 0.05) is 16.1 Å². The molecule has 2 aromatic rings. The van der Waals surface area contributed by atoms with Crippen LogP contribution in [0.2, 0.25) is 0 Å². The summed E-state index contributed by atoms with van der Waals surface area (Å²) >= 11 is 3.38. The fraction of sp³-hybridized carbons (Fsp3) is 0.188. The Morgan fingerprint density at radius 1 is 1.30 bits per heavy atom. The van der Waals surface area contributed by atoms with E-state index >= 15 is 0 Å². The van der Waals surface area contributed by atoms with Crippen molar-refractivity contribution in [1.82, 2.24) is 0 Å². The van der Waals surface area contributed by atoms with Crippen LogP contribution in [-0.2, 0) is 0 Å². The van der Waals surface area contributed by atoms with Crippen LogP contribution in [0.4, 0.5) is 11.4 Å². The molecule has 0 aliphatic heterocycles. The summed E-state index contributed by atoms with van der Waals surface area (Å²) in [6, 6.07) is 11.9. The molecule has 23 heavy (non-hydrogen) atoms. The number of halogens is 1. The number of amides is 1. The van der Waals surface area contributed by atoms with E-state index in [0.29, 0.717) is 5.69 Å². The van der Waals surface area contributed by atoms with E-state index in [0.717, 1.165) is 16.5 Å². The highest BCUT2D eigenvalue weighted by Crippen LogP contribution is 2.31. The van der Waals surface area contributed by atoms with Crippen LogP contribution < -0.4 is 11.1 Å². The van der Waals surface area contributed by atoms with Crippen molar-refractivity contribution < 1.29 is 9.72 Å². The summed E-state index contributed by atoms with van der Waals surface area (Å²) in [4.78, 5) is 21.9. The fourth-order valence-corrected chi connectivity index (χ4v) is 2.53. The van der Waals surface area contributed by atoms with Crippen LogP contribution in [-0.4, -0.2) is 10.8 Å². The molecule has 0 bridgehead atoms. The van der Waals surface area contributed by atoms with Crippen LogP contribution in [0.15, 0.2) is 46.9 Å². The van der Waals surface area contributed by atoms with E-state index in [1.54, 1.807) is 0 Å². The number of hydrogen-bond acceptors (Lipinski definition) is 4. The summed E-state index contributed by atoms with van der Waals surface area (Å²) in [5.41, 5.74) is 6.49. The maximum absolute atomic E-state index is 11.3. The number of nitrogens with one attached hydrogen (secondary N) is 1. The number of carbonyl (C=O) groups excluding carboxylic acids is 1. The second-order valence-corrected chi connectivity index (χ2v) is 5.93. The number of nitrogens with zero attached hydrogens (tertiary/aromatic N) is 1. The van der Waals surface area contributed by atoms with Gasteiger partial charge in [0.15, 0.2) is 0 Å². The van der Waals surface area contributed by atoms with E-state index < -0.39 is 10.8 Å². The fourth-order valence-electron chi connectivity index (χ4n) is 2.26. The van der Waals surface area contributed by atoms with Crippen LogP contribution in [0.5, 0.6) is 0 Å². The summed E-state index contributed by atoms with van der Waals surface area (Å²) in [7, 11) is 0. The van der Waals surface area contributed by atoms with Crippen LogP contribution in [0.3, 0.4) is 0 Å². The molecule has 0 heterocycles. The molecule has 0 aliphatic rings. The first-order chi connectivity index (χ1) is 10.9. The Kier molecular flexibility index (Phi) is 5.33. The van der Waals surface area contributed by atoms with Gasteiger partial charge in [0.05, 0.1) is 11.0 Å². The molecule has 0 aromatic heterocycles. The van der Waals surface area contributed by atoms with Gasteiger partial charge in [-0.1, -0.05) is 35.0 Å². The molecule has 0 saturated carbocycles. The number of hydrogen-bond donors (Lipinski definition) is 2. The van der Waals surface area contributed by atoms with Gasteiger partial charge in [0.2, 0.25) is 5.91 Å². The maximum Gasteiger partial charge on any atom is 0.293 e. The van der Waals surface area contributed by atoms with E-state index in [4.69, 9.17) is 5.73 Å². The minimum absolute atomic E-state index is 0.0822. The summed E-state index contributed by atoms with van der Waals surface area (Å²) in [6.07, 6.45) is 0.746. The van der Waals surface area contributed by atoms with Crippen molar-refractivity contribution in [3.63, 3.8) is 0 Å². The zero-order valence-corrected chi connectivity index (χ0v) is 14.0. The normalized spacial score (nSPS) is 11.7. The van der Waals surface area contributed by atoms with Gasteiger partial charge in [-0.25, -0.2) is 0 Å². The van der Waals surface area contributed by atoms with Gasteiger partial charge >= 0.3 is 0 Å². The van der Waals surface area contributed by atoms with E-state index in [9.17, 15) is 14.9 Å². The number of anilines is 1. The maximum atomic E-state index is 11.3. The Bertz CT molecular complexity index is 732. The molecule has 0 aliphatic carbocycles. The van der Waals surface area contributed by atoms with E-state index in [1.807, 2.05) is 31.2 Å². The third-order valence-corrected chi connectivity index (χ3v) is 4.02. The third-order valence-electron chi connectivity index (χ3n) is 3.49. The molecule has 2 rings (SSSR count). The molecule has 2 aromatic carbocycles. The minimum Gasteiger partial charge on any atom is -0.373 e. The van der Waals surface area contributed by atoms with Gasteiger partial charge in [0.25, 0.3) is 5.69 Å². The van der Waals surface area contributed by atoms with Gasteiger partial charge in [-0.15, -0.1) is 0 Å². The quantitative estimate of drug-likeness (QED) is 0.586. The predicted molar refractivity (Wildman–Crippen MR) is 92.4 cm³/mol. The lowest BCUT2D eigenvalue weighted by Gasteiger charge is -2.19. The Morgan fingerprint density at radius 3 is 2.48 bits per heavy atom. The van der Waals surface area contributed by atoms with Gasteiger partial charge in [-0.05, 0) is 36.2 Å². The number of primary amides is 1. The van der Waals surface area contributed by atoms with Gasteiger partial charge < -0.3 is 11.1 Å². The van der Waals surface area contributed by atoms with Crippen LogP contribution in [0.1, 0.15) is 35.3 Å². The Morgan fingerprint density at radius 2 is 1.96 bits per heavy atom. The standard InChI is InChI=1S/C16H16BrN3O3/c1-2-13(10-3-6-12(17)7-4-10)19-14-8-5-11(16(18)21)9-15(14)20(22)23/h3-9,13,19H,2H2,1H3,(H2,18,21)/t13-/m1/s1. The van der Waals surface area contributed by atoms with Crippen molar-refractivity contribution in [3.8, 4) is 0 Å². The average molecular weight is 378 g/mol. The number of nitro groups is 1. The monoisotopic (exact) mass is 377 g/mol. The lowest BCUT2D eigenvalue weighted by atomic mass is 10.0. The first-order valence-corrected chi connectivity index (χ1v) is 7.82. The zero-order valence-electron chi connectivity index (χ0n) is 12.5. The lowest BCUT2D eigenvalue weighted by molar-refractivity contribution is -0.384. The molecule has 1 atom stereocenters. The van der Waals surface area contributed by atoms with Crippen LogP contribution in [0.25, 0.3) is 0 Å². The number of nitrogens with two attached hydrogens (primary N) is 1. The predicted octanol–water partition coefficient (Wildman–Crippen LogP) is 4.02. The highest BCUT2D eigenvalue weighted by Gasteiger charge is 2.19. The van der Waals surface area contributed by atoms with Crippen molar-refractivity contribution in [2.24, 2.45) is 5.73 Å². The van der Waals surface area contributed by atoms with Crippen LogP contribution in [0, 0.1) is 10.1 Å². The summed E-state index contributed by atoms with van der Waals surface area (Å²) in [6.45, 7) is 1.99. The Balaban J connectivity index is 2.35. The highest BCUT2D eigenvalue weighted by atomic mass is 79.9. The van der Waals surface area contributed by atoms with Crippen molar-refractivity contribution in [3.05, 3.63) is 68.2 Å². The second kappa shape index (κ2) is 7.23. The Labute approximate surface area is 142 Å². The van der Waals surface area contributed by atoms with E-state index in [1.165, 1.54) is 18.2 Å². The first kappa shape index (κ1) is 17.0. The summed E-state index contributed by atoms with van der Waals surface area (Å²) in [5.74, 6) is -0.695. The molecule has 6 nitrogen and oxygen atoms in total. The molecular formula is C16H16BrN3O3. The Hall–Kier alpha value is -2.41. The van der Waals surface area contributed by atoms with Crippen molar-refractivity contribution in [1.29, 1.82) is 0 Å². The second-order valence-electron chi connectivity index (χ2n) is 5.01. The van der Waals surface area contributed by atoms with Crippen LogP contribution >= 0.6 is 15.9 Å². The molecule has 1 amide bonds. The molecule has 0 saturated heterocycles. The number of nitro benzene ring substituents is 1. The van der Waals surface area contributed by atoms with Gasteiger partial charge in [0.1, 0.15) is 5.69 Å². The summed E-state index contributed by atoms with van der Waals surface area (Å²) in [5, 5.41) is 14.4. The van der Waals surface area contributed by atoms with Crippen molar-refractivity contribution >= 4 is 33.2 Å². The minimum atomic E-state index is -0.695. The van der Waals surface area contributed by atoms with Gasteiger partial charge in [-0.2, -0.15) is 0 Å². The molecule has 0 fully saturated rings. The highest BCUT2D eigenvalue weighted by molar-refractivity contribution is 9.10. The van der Waals surface area contributed by atoms with Crippen molar-refractivity contribution in [2.45, 2.75) is 19.4 Å². The smallest absolute Gasteiger partial charge is 0.293 e. The third kappa shape index (κ3) is 4.07. The largest absolute Gasteiger partial charge is 0.373 e. The average Bonchev–Trinajstić information content (AvgIpc) is 2.53. The van der Waals surface area contributed by atoms with Crippen molar-refractivity contribution in [2.75, 3.05) is 5.32 Å². The topological polar surface area (TPSA) is 98.3 Å². The van der Waals surface area contributed by atoms with Gasteiger partial charge in [-0.3, -0.25) is 14.9 Å². The molecule has 3 N–H and O–H groups in total. The molecular weight excluding hydrogens is 362 g/mol. The lowest BCUT2D eigenvalue weighted by Crippen LogP contribution is -2.14. The molecule has 0 radical (unpaired) electrons. The first-order valence-electron chi connectivity index (χ1n) is 7.02. The summed E-state index contributed by atoms with van der Waals surface area (Å²) < 4.78 is 0.966.